The van der Waals surface area contributed by atoms with Crippen LogP contribution in [0.2, 0.25) is 0 Å². The van der Waals surface area contributed by atoms with E-state index in [9.17, 15) is 23.9 Å². The molecular formula is C21H21FN2O4. The van der Waals surface area contributed by atoms with Gasteiger partial charge in [0.25, 0.3) is 5.91 Å². The lowest BCUT2D eigenvalue weighted by Crippen LogP contribution is -2.42. The van der Waals surface area contributed by atoms with E-state index in [0.717, 1.165) is 12.0 Å². The predicted octanol–water partition coefficient (Wildman–Crippen LogP) is 3.34. The highest BCUT2D eigenvalue weighted by Gasteiger charge is 2.45. The van der Waals surface area contributed by atoms with Crippen molar-refractivity contribution in [1.82, 2.24) is 5.32 Å². The Morgan fingerprint density at radius 1 is 1.00 bits per heavy atom. The fourth-order valence-electron chi connectivity index (χ4n) is 3.15. The van der Waals surface area contributed by atoms with Gasteiger partial charge in [0.15, 0.2) is 0 Å². The predicted molar refractivity (Wildman–Crippen MR) is 101 cm³/mol. The summed E-state index contributed by atoms with van der Waals surface area (Å²) in [5.41, 5.74) is 0.807. The van der Waals surface area contributed by atoms with Crippen LogP contribution in [0, 0.1) is 11.2 Å². The average Bonchev–Trinajstić information content (AvgIpc) is 2.65. The molecule has 0 heterocycles. The SMILES string of the molecule is O=C(CC1(C(=O)O)CCC1)NCc1ccc(C(=O)Nc2ccc(F)cc2)cc1. The molecule has 0 saturated heterocycles. The van der Waals surface area contributed by atoms with Gasteiger partial charge in [0.1, 0.15) is 5.82 Å². The molecule has 1 aliphatic rings. The Hall–Kier alpha value is -3.22. The average molecular weight is 384 g/mol. The Morgan fingerprint density at radius 2 is 1.64 bits per heavy atom. The summed E-state index contributed by atoms with van der Waals surface area (Å²) in [6.45, 7) is 0.258. The lowest BCUT2D eigenvalue weighted by Gasteiger charge is -2.36. The van der Waals surface area contributed by atoms with Crippen LogP contribution >= 0.6 is 0 Å². The number of hydrogen-bond donors (Lipinski definition) is 3. The number of hydrogen-bond acceptors (Lipinski definition) is 3. The van der Waals surface area contributed by atoms with E-state index >= 15 is 0 Å². The van der Waals surface area contributed by atoms with Gasteiger partial charge in [-0.3, -0.25) is 14.4 Å². The van der Waals surface area contributed by atoms with Gasteiger partial charge >= 0.3 is 5.97 Å². The summed E-state index contributed by atoms with van der Waals surface area (Å²) < 4.78 is 12.9. The largest absolute Gasteiger partial charge is 0.481 e. The van der Waals surface area contributed by atoms with Gasteiger partial charge in [0.05, 0.1) is 5.41 Å². The van der Waals surface area contributed by atoms with E-state index in [-0.39, 0.29) is 30.6 Å². The molecule has 28 heavy (non-hydrogen) atoms. The van der Waals surface area contributed by atoms with Crippen LogP contribution in [0.25, 0.3) is 0 Å². The summed E-state index contributed by atoms with van der Waals surface area (Å²) in [6, 6.07) is 12.2. The van der Waals surface area contributed by atoms with Gasteiger partial charge < -0.3 is 15.7 Å². The summed E-state index contributed by atoms with van der Waals surface area (Å²) in [7, 11) is 0. The van der Waals surface area contributed by atoms with Crippen molar-refractivity contribution in [3.8, 4) is 0 Å². The third-order valence-corrected chi connectivity index (χ3v) is 5.07. The number of aliphatic carboxylic acids is 1. The molecule has 0 unspecified atom stereocenters. The van der Waals surface area contributed by atoms with Crippen molar-refractivity contribution >= 4 is 23.5 Å². The first kappa shape index (κ1) is 19.5. The standard InChI is InChI=1S/C21H21FN2O4/c22-16-6-8-17(9-7-16)24-19(26)15-4-2-14(3-5-15)13-23-18(25)12-21(20(27)28)10-1-11-21/h2-9H,1,10-13H2,(H,23,25)(H,24,26)(H,27,28). The molecule has 0 radical (unpaired) electrons. The van der Waals surface area contributed by atoms with Crippen molar-refractivity contribution in [2.75, 3.05) is 5.32 Å². The number of nitrogens with one attached hydrogen (secondary N) is 2. The van der Waals surface area contributed by atoms with Gasteiger partial charge in [0, 0.05) is 24.2 Å². The molecule has 1 fully saturated rings. The molecule has 6 nitrogen and oxygen atoms in total. The van der Waals surface area contributed by atoms with Crippen molar-refractivity contribution in [3.05, 3.63) is 65.5 Å². The Balaban J connectivity index is 1.51. The molecule has 3 rings (SSSR count). The maximum absolute atomic E-state index is 12.9. The second-order valence-electron chi connectivity index (χ2n) is 7.05. The highest BCUT2D eigenvalue weighted by Crippen LogP contribution is 2.44. The minimum atomic E-state index is -0.912. The van der Waals surface area contributed by atoms with Crippen LogP contribution in [-0.4, -0.2) is 22.9 Å². The molecule has 1 saturated carbocycles. The molecule has 0 spiro atoms. The van der Waals surface area contributed by atoms with Crippen LogP contribution in [0.15, 0.2) is 48.5 Å². The number of amides is 2. The van der Waals surface area contributed by atoms with Crippen molar-refractivity contribution in [1.29, 1.82) is 0 Å². The first-order valence-corrected chi connectivity index (χ1v) is 9.04. The number of carbonyl (C=O) groups excluding carboxylic acids is 2. The number of halogens is 1. The molecule has 0 aromatic heterocycles. The Bertz CT molecular complexity index is 874. The van der Waals surface area contributed by atoms with Crippen LogP contribution in [0.5, 0.6) is 0 Å². The molecule has 2 aromatic rings. The second kappa shape index (κ2) is 8.21. The topological polar surface area (TPSA) is 95.5 Å². The van der Waals surface area contributed by atoms with Crippen LogP contribution in [0.4, 0.5) is 10.1 Å². The first-order chi connectivity index (χ1) is 13.4. The van der Waals surface area contributed by atoms with Gasteiger partial charge in [-0.1, -0.05) is 18.6 Å². The fraction of sp³-hybridized carbons (Fsp3) is 0.286. The lowest BCUT2D eigenvalue weighted by molar-refractivity contribution is -0.157. The quantitative estimate of drug-likeness (QED) is 0.682. The maximum Gasteiger partial charge on any atom is 0.310 e. The van der Waals surface area contributed by atoms with Crippen LogP contribution in [0.1, 0.15) is 41.6 Å². The highest BCUT2D eigenvalue weighted by molar-refractivity contribution is 6.04. The van der Waals surface area contributed by atoms with E-state index < -0.39 is 11.4 Å². The van der Waals surface area contributed by atoms with Crippen molar-refractivity contribution in [2.45, 2.75) is 32.2 Å². The zero-order chi connectivity index (χ0) is 20.1. The lowest BCUT2D eigenvalue weighted by atomic mass is 9.66. The van der Waals surface area contributed by atoms with E-state index in [4.69, 9.17) is 0 Å². The molecule has 1 aliphatic carbocycles. The molecule has 2 aromatic carbocycles. The van der Waals surface area contributed by atoms with Gasteiger partial charge in [-0.15, -0.1) is 0 Å². The molecule has 146 valence electrons. The summed E-state index contributed by atoms with van der Waals surface area (Å²) in [5.74, 6) is -1.91. The van der Waals surface area contributed by atoms with E-state index in [1.165, 1.54) is 24.3 Å². The molecule has 7 heteroatoms. The number of carbonyl (C=O) groups is 3. The van der Waals surface area contributed by atoms with Crippen molar-refractivity contribution < 1.29 is 23.9 Å². The smallest absolute Gasteiger partial charge is 0.310 e. The van der Waals surface area contributed by atoms with Crippen LogP contribution in [-0.2, 0) is 16.1 Å². The van der Waals surface area contributed by atoms with E-state index in [0.29, 0.717) is 24.1 Å². The number of carboxylic acid groups (broad SMARTS) is 1. The number of anilines is 1. The summed E-state index contributed by atoms with van der Waals surface area (Å²) >= 11 is 0. The fourth-order valence-corrected chi connectivity index (χ4v) is 3.15. The van der Waals surface area contributed by atoms with E-state index in [1.54, 1.807) is 24.3 Å². The van der Waals surface area contributed by atoms with E-state index in [2.05, 4.69) is 10.6 Å². The third kappa shape index (κ3) is 4.54. The monoisotopic (exact) mass is 384 g/mol. The molecule has 2 amide bonds. The second-order valence-corrected chi connectivity index (χ2v) is 7.05. The number of carboxylic acids is 1. The zero-order valence-corrected chi connectivity index (χ0v) is 15.2. The summed E-state index contributed by atoms with van der Waals surface area (Å²) in [4.78, 5) is 35.6. The first-order valence-electron chi connectivity index (χ1n) is 9.04. The minimum Gasteiger partial charge on any atom is -0.481 e. The van der Waals surface area contributed by atoms with Gasteiger partial charge in [-0.05, 0) is 54.8 Å². The van der Waals surface area contributed by atoms with Gasteiger partial charge in [0.2, 0.25) is 5.91 Å². The summed E-state index contributed by atoms with van der Waals surface area (Å²) in [6.07, 6.45) is 1.89. The highest BCUT2D eigenvalue weighted by atomic mass is 19.1. The van der Waals surface area contributed by atoms with Crippen molar-refractivity contribution in [2.24, 2.45) is 5.41 Å². The minimum absolute atomic E-state index is 0.0134. The Kier molecular flexibility index (Phi) is 5.73. The van der Waals surface area contributed by atoms with E-state index in [1.807, 2.05) is 0 Å². The zero-order valence-electron chi connectivity index (χ0n) is 15.2. The normalized spacial score (nSPS) is 14.6. The number of rotatable bonds is 7. The Labute approximate surface area is 161 Å². The molecular weight excluding hydrogens is 363 g/mol. The molecule has 3 N–H and O–H groups in total. The Morgan fingerprint density at radius 3 is 2.18 bits per heavy atom. The summed E-state index contributed by atoms with van der Waals surface area (Å²) in [5, 5.41) is 14.7. The van der Waals surface area contributed by atoms with Crippen molar-refractivity contribution in [3.63, 3.8) is 0 Å². The maximum atomic E-state index is 12.9. The van der Waals surface area contributed by atoms with Gasteiger partial charge in [-0.25, -0.2) is 4.39 Å². The van der Waals surface area contributed by atoms with Crippen LogP contribution < -0.4 is 10.6 Å². The molecule has 0 bridgehead atoms. The third-order valence-electron chi connectivity index (χ3n) is 5.07. The van der Waals surface area contributed by atoms with Gasteiger partial charge in [-0.2, -0.15) is 0 Å². The molecule has 0 atom stereocenters. The molecule has 0 aliphatic heterocycles. The number of benzene rings is 2. The van der Waals surface area contributed by atoms with Crippen LogP contribution in [0.3, 0.4) is 0 Å².